The van der Waals surface area contributed by atoms with Crippen LogP contribution in [-0.4, -0.2) is 23.8 Å². The highest BCUT2D eigenvalue weighted by molar-refractivity contribution is 7.27. The summed E-state index contributed by atoms with van der Waals surface area (Å²) in [5.74, 6) is 0. The fourth-order valence-electron chi connectivity index (χ4n) is 0.859. The molecule has 0 aliphatic heterocycles. The summed E-state index contributed by atoms with van der Waals surface area (Å²) >= 11 is 0. The first-order chi connectivity index (χ1) is 4.46. The molecule has 0 aliphatic carbocycles. The lowest BCUT2D eigenvalue weighted by molar-refractivity contribution is -0.116. The van der Waals surface area contributed by atoms with Gasteiger partial charge in [-0.15, -0.1) is 0 Å². The minimum Gasteiger partial charge on any atom is -0.310 e. The van der Waals surface area contributed by atoms with Crippen molar-refractivity contribution in [1.29, 1.82) is 0 Å². The number of carbonyl (C=O) groups is 3. The smallest absolute Gasteiger partial charge is 0.310 e. The van der Waals surface area contributed by atoms with E-state index in [2.05, 4.69) is 0 Å². The zero-order chi connectivity index (χ0) is 8.31. The molecule has 0 saturated heterocycles. The Labute approximate surface area is 59.9 Å². The van der Waals surface area contributed by atoms with Crippen molar-refractivity contribution in [2.24, 2.45) is 0 Å². The molecule has 0 fully saturated rings. The molecule has 0 N–H and O–H groups in total. The first-order valence-corrected chi connectivity index (χ1v) is 2.98. The summed E-state index contributed by atoms with van der Waals surface area (Å²) in [6.45, 7) is 2.70. The molecule has 0 bridgehead atoms. The third-order valence-electron chi connectivity index (χ3n) is 1.22. The normalized spacial score (nSPS) is 8.70. The fourth-order valence-corrected chi connectivity index (χ4v) is 0.859. The Bertz CT molecular complexity index is 152. The molecule has 0 aliphatic rings. The van der Waals surface area contributed by atoms with Gasteiger partial charge in [-0.25, -0.2) is 0 Å². The molecule has 0 rings (SSSR count). The summed E-state index contributed by atoms with van der Waals surface area (Å²) in [6, 6.07) is 0. The van der Waals surface area contributed by atoms with Crippen LogP contribution in [0.5, 0.6) is 0 Å². The van der Waals surface area contributed by atoms with E-state index in [1.807, 2.05) is 0 Å². The van der Waals surface area contributed by atoms with Crippen molar-refractivity contribution >= 4 is 23.8 Å². The highest BCUT2D eigenvalue weighted by Gasteiger charge is 2.30. The van der Waals surface area contributed by atoms with E-state index in [4.69, 9.17) is 0 Å². The number of hydrogen-bond donors (Lipinski definition) is 0. The lowest BCUT2D eigenvalue weighted by Crippen LogP contribution is -2.39. The van der Waals surface area contributed by atoms with Gasteiger partial charge in [0.25, 0.3) is 0 Å². The summed E-state index contributed by atoms with van der Waals surface area (Å²) in [5, 5.41) is 0. The molecule has 4 heteroatoms. The Hall–Kier alpha value is -0.925. The number of hydrogen-bond acceptors (Lipinski definition) is 3. The molecule has 54 valence electrons. The second kappa shape index (κ2) is 3.30. The maximum atomic E-state index is 10.6. The van der Waals surface area contributed by atoms with E-state index in [9.17, 15) is 14.4 Å². The quantitative estimate of drug-likeness (QED) is 0.512. The molecule has 0 aromatic rings. The first-order valence-electron chi connectivity index (χ1n) is 2.98. The van der Waals surface area contributed by atoms with Gasteiger partial charge in [0.05, 0.1) is 0 Å². The van der Waals surface area contributed by atoms with Crippen LogP contribution >= 0.6 is 0 Å². The lowest BCUT2D eigenvalue weighted by Gasteiger charge is -1.98. The van der Waals surface area contributed by atoms with E-state index < -0.39 is 6.71 Å². The van der Waals surface area contributed by atoms with Crippen LogP contribution in [0.15, 0.2) is 0 Å². The molecule has 0 amide bonds. The minimum absolute atomic E-state index is 0.375. The summed E-state index contributed by atoms with van der Waals surface area (Å²) in [4.78, 5) is 31.8. The van der Waals surface area contributed by atoms with Crippen molar-refractivity contribution in [3.8, 4) is 0 Å². The van der Waals surface area contributed by atoms with Crippen molar-refractivity contribution in [2.75, 3.05) is 0 Å². The highest BCUT2D eigenvalue weighted by atomic mass is 16.2. The fraction of sp³-hybridized carbons (Fsp3) is 0.500. The molecule has 3 nitrogen and oxygen atoms in total. The molecule has 0 aromatic carbocycles. The topological polar surface area (TPSA) is 51.2 Å². The van der Waals surface area contributed by atoms with Crippen LogP contribution in [-0.2, 0) is 14.4 Å². The molecule has 0 aromatic heterocycles. The second-order valence-corrected chi connectivity index (χ2v) is 2.26. The third kappa shape index (κ3) is 2.13. The van der Waals surface area contributed by atoms with Crippen LogP contribution in [0.3, 0.4) is 0 Å². The third-order valence-corrected chi connectivity index (χ3v) is 1.22. The highest BCUT2D eigenvalue weighted by Crippen LogP contribution is 1.88. The zero-order valence-electron chi connectivity index (χ0n) is 6.30. The summed E-state index contributed by atoms with van der Waals surface area (Å²) in [5.41, 5.74) is -1.12. The van der Waals surface area contributed by atoms with Crippen molar-refractivity contribution in [3.63, 3.8) is 0 Å². The van der Waals surface area contributed by atoms with E-state index in [0.29, 0.717) is 0 Å². The predicted molar refractivity (Wildman–Crippen MR) is 37.8 cm³/mol. The zero-order valence-corrected chi connectivity index (χ0v) is 6.30. The molecule has 10 heavy (non-hydrogen) atoms. The molecule has 0 unspecified atom stereocenters. The van der Waals surface area contributed by atoms with Gasteiger partial charge in [-0.2, -0.15) is 0 Å². The average Bonchev–Trinajstić information content (AvgIpc) is 1.59. The van der Waals surface area contributed by atoms with E-state index in [-0.39, 0.29) is 17.0 Å². The van der Waals surface area contributed by atoms with Crippen LogP contribution in [0.25, 0.3) is 0 Å². The lowest BCUT2D eigenvalue weighted by atomic mass is 9.41. The average molecular weight is 140 g/mol. The standard InChI is InChI=1S/C6H9BO3/c1-4(8)7(5(2)9)6(3)10/h1-3H3. The maximum Gasteiger partial charge on any atom is 0.375 e. The van der Waals surface area contributed by atoms with Gasteiger partial charge in [-0.05, 0) is 20.8 Å². The van der Waals surface area contributed by atoms with Crippen LogP contribution in [0.2, 0.25) is 0 Å². The monoisotopic (exact) mass is 140 g/mol. The van der Waals surface area contributed by atoms with Crippen LogP contribution in [0.4, 0.5) is 0 Å². The minimum atomic E-state index is -1.03. The molecule has 0 spiro atoms. The Kier molecular flexibility index (Phi) is 2.99. The van der Waals surface area contributed by atoms with Gasteiger partial charge < -0.3 is 14.4 Å². The second-order valence-electron chi connectivity index (χ2n) is 2.26. The molecular formula is C6H9BO3. The summed E-state index contributed by atoms with van der Waals surface area (Å²) in [7, 11) is 0. The molecule has 0 atom stereocenters. The Morgan fingerprint density at radius 3 is 1.00 bits per heavy atom. The Morgan fingerprint density at radius 1 is 0.800 bits per heavy atom. The van der Waals surface area contributed by atoms with Crippen molar-refractivity contribution < 1.29 is 14.4 Å². The summed E-state index contributed by atoms with van der Waals surface area (Å²) < 4.78 is 0. The first kappa shape index (κ1) is 9.07. The van der Waals surface area contributed by atoms with Crippen LogP contribution < -0.4 is 0 Å². The van der Waals surface area contributed by atoms with Gasteiger partial charge in [0.2, 0.25) is 0 Å². The molecule has 0 heterocycles. The van der Waals surface area contributed by atoms with E-state index in [0.717, 1.165) is 0 Å². The van der Waals surface area contributed by atoms with Crippen molar-refractivity contribution in [3.05, 3.63) is 0 Å². The van der Waals surface area contributed by atoms with Gasteiger partial charge in [0.15, 0.2) is 0 Å². The Morgan fingerprint density at radius 2 is 1.00 bits per heavy atom. The van der Waals surface area contributed by atoms with Gasteiger partial charge >= 0.3 is 6.71 Å². The SMILES string of the molecule is CC(=O)B(C(C)=O)C(C)=O. The molecule has 0 saturated carbocycles. The summed E-state index contributed by atoms with van der Waals surface area (Å²) in [6.07, 6.45) is 0. The number of carbonyl (C=O) groups excluding carboxylic acids is 3. The largest absolute Gasteiger partial charge is 0.375 e. The Balaban J connectivity index is 4.43. The predicted octanol–water partition coefficient (Wildman–Crippen LogP) is -0.134. The van der Waals surface area contributed by atoms with Crippen LogP contribution in [0.1, 0.15) is 20.8 Å². The number of rotatable bonds is 3. The van der Waals surface area contributed by atoms with E-state index in [1.54, 1.807) is 0 Å². The van der Waals surface area contributed by atoms with Crippen LogP contribution in [0, 0.1) is 0 Å². The van der Waals surface area contributed by atoms with Gasteiger partial charge in [-0.1, -0.05) is 0 Å². The molecule has 0 radical (unpaired) electrons. The van der Waals surface area contributed by atoms with Gasteiger partial charge in [0, 0.05) is 0 Å². The van der Waals surface area contributed by atoms with Gasteiger partial charge in [-0.3, -0.25) is 0 Å². The molecular weight excluding hydrogens is 131 g/mol. The van der Waals surface area contributed by atoms with Crippen molar-refractivity contribution in [2.45, 2.75) is 20.8 Å². The maximum absolute atomic E-state index is 10.6. The van der Waals surface area contributed by atoms with Crippen molar-refractivity contribution in [1.82, 2.24) is 0 Å². The van der Waals surface area contributed by atoms with Gasteiger partial charge in [0.1, 0.15) is 17.0 Å². The van der Waals surface area contributed by atoms with E-state index in [1.165, 1.54) is 20.8 Å². The van der Waals surface area contributed by atoms with E-state index >= 15 is 0 Å².